The normalized spacial score (nSPS) is 23.6. The predicted molar refractivity (Wildman–Crippen MR) is 87.0 cm³/mol. The molecule has 0 spiro atoms. The van der Waals surface area contributed by atoms with Gasteiger partial charge in [0.2, 0.25) is 5.91 Å². The summed E-state index contributed by atoms with van der Waals surface area (Å²) in [4.78, 5) is 14.0. The molecule has 1 fully saturated rings. The summed E-state index contributed by atoms with van der Waals surface area (Å²) < 4.78 is 0. The minimum atomic E-state index is 0.137. The zero-order valence-corrected chi connectivity index (χ0v) is 13.3. The molecule has 2 N–H and O–H groups in total. The van der Waals surface area contributed by atoms with Gasteiger partial charge in [0.05, 0.1) is 0 Å². The van der Waals surface area contributed by atoms with Crippen molar-refractivity contribution in [3.05, 3.63) is 35.9 Å². The number of benzene rings is 1. The smallest absolute Gasteiger partial charge is 0.222 e. The van der Waals surface area contributed by atoms with Gasteiger partial charge in [-0.2, -0.15) is 0 Å². The molecule has 116 valence electrons. The highest BCUT2D eigenvalue weighted by Gasteiger charge is 2.25. The van der Waals surface area contributed by atoms with Crippen LogP contribution in [-0.2, 0) is 4.79 Å². The van der Waals surface area contributed by atoms with Gasteiger partial charge in [0.15, 0.2) is 0 Å². The van der Waals surface area contributed by atoms with E-state index >= 15 is 0 Å². The van der Waals surface area contributed by atoms with Crippen molar-refractivity contribution in [3.8, 4) is 0 Å². The van der Waals surface area contributed by atoms with Crippen LogP contribution in [0.2, 0.25) is 0 Å². The molecule has 0 radical (unpaired) electrons. The Morgan fingerprint density at radius 3 is 2.43 bits per heavy atom. The van der Waals surface area contributed by atoms with Crippen molar-refractivity contribution in [2.45, 2.75) is 51.0 Å². The lowest BCUT2D eigenvalue weighted by atomic mass is 9.77. The minimum Gasteiger partial charge on any atom is -0.342 e. The Kier molecular flexibility index (Phi) is 5.80. The van der Waals surface area contributed by atoms with Crippen LogP contribution < -0.4 is 5.73 Å². The monoisotopic (exact) mass is 288 g/mol. The van der Waals surface area contributed by atoms with Gasteiger partial charge in [0.1, 0.15) is 0 Å². The van der Waals surface area contributed by atoms with Crippen molar-refractivity contribution in [1.82, 2.24) is 4.90 Å². The minimum absolute atomic E-state index is 0.137. The molecule has 1 aliphatic carbocycles. The van der Waals surface area contributed by atoms with Crippen LogP contribution in [0.25, 0.3) is 0 Å². The number of likely N-dealkylation sites (N-methyl/N-ethyl adjacent to an activating group) is 1. The van der Waals surface area contributed by atoms with Crippen LogP contribution in [0.15, 0.2) is 30.3 Å². The number of carbonyl (C=O) groups is 1. The lowest BCUT2D eigenvalue weighted by Gasteiger charge is -2.31. The second-order valence-corrected chi connectivity index (χ2v) is 6.42. The fourth-order valence-corrected chi connectivity index (χ4v) is 3.22. The third-order valence-electron chi connectivity index (χ3n) is 4.98. The van der Waals surface area contributed by atoms with Crippen LogP contribution >= 0.6 is 0 Å². The van der Waals surface area contributed by atoms with Gasteiger partial charge in [0, 0.05) is 26.1 Å². The fourth-order valence-electron chi connectivity index (χ4n) is 3.22. The summed E-state index contributed by atoms with van der Waals surface area (Å²) in [7, 11) is 1.87. The molecule has 0 aromatic heterocycles. The SMILES string of the molecule is CC(CN)N(C)C(=O)CC1CCC(c2ccccc2)CC1. The average molecular weight is 288 g/mol. The summed E-state index contributed by atoms with van der Waals surface area (Å²) in [5.41, 5.74) is 7.09. The highest BCUT2D eigenvalue weighted by atomic mass is 16.2. The molecule has 3 heteroatoms. The Morgan fingerprint density at radius 2 is 1.86 bits per heavy atom. The maximum atomic E-state index is 12.2. The Balaban J connectivity index is 1.80. The Morgan fingerprint density at radius 1 is 1.24 bits per heavy atom. The standard InChI is InChI=1S/C18H28N2O/c1-14(13-19)20(2)18(21)12-15-8-10-17(11-9-15)16-6-4-3-5-7-16/h3-7,14-15,17H,8-13,19H2,1-2H3. The second-order valence-electron chi connectivity index (χ2n) is 6.42. The van der Waals surface area contributed by atoms with Crippen molar-refractivity contribution < 1.29 is 4.79 Å². The van der Waals surface area contributed by atoms with Crippen molar-refractivity contribution in [2.75, 3.05) is 13.6 Å². The van der Waals surface area contributed by atoms with Gasteiger partial charge in [-0.05, 0) is 50.0 Å². The maximum absolute atomic E-state index is 12.2. The van der Waals surface area contributed by atoms with Crippen molar-refractivity contribution in [2.24, 2.45) is 11.7 Å². The number of nitrogens with two attached hydrogens (primary N) is 1. The van der Waals surface area contributed by atoms with Crippen LogP contribution in [0.1, 0.15) is 50.5 Å². The number of hydrogen-bond acceptors (Lipinski definition) is 2. The molecule has 21 heavy (non-hydrogen) atoms. The third kappa shape index (κ3) is 4.31. The second kappa shape index (κ2) is 7.60. The molecule has 1 saturated carbocycles. The molecule has 0 aliphatic heterocycles. The van der Waals surface area contributed by atoms with Crippen molar-refractivity contribution >= 4 is 5.91 Å². The summed E-state index contributed by atoms with van der Waals surface area (Å²) in [5.74, 6) is 1.47. The maximum Gasteiger partial charge on any atom is 0.222 e. The zero-order chi connectivity index (χ0) is 15.2. The van der Waals surface area contributed by atoms with Gasteiger partial charge in [-0.15, -0.1) is 0 Å². The molecule has 1 aliphatic rings. The molecule has 1 aromatic rings. The molecular formula is C18H28N2O. The molecule has 0 saturated heterocycles. The molecular weight excluding hydrogens is 260 g/mol. The summed E-state index contributed by atoms with van der Waals surface area (Å²) >= 11 is 0. The van der Waals surface area contributed by atoms with E-state index in [1.165, 1.54) is 18.4 Å². The number of carbonyl (C=O) groups excluding carboxylic acids is 1. The van der Waals surface area contributed by atoms with Crippen molar-refractivity contribution in [1.29, 1.82) is 0 Å². The first kappa shape index (κ1) is 16.0. The molecule has 1 amide bonds. The van der Waals surface area contributed by atoms with Crippen LogP contribution in [0.5, 0.6) is 0 Å². The van der Waals surface area contributed by atoms with Crippen LogP contribution in [0.3, 0.4) is 0 Å². The van der Waals surface area contributed by atoms with Gasteiger partial charge in [-0.1, -0.05) is 30.3 Å². The highest BCUT2D eigenvalue weighted by Crippen LogP contribution is 2.37. The topological polar surface area (TPSA) is 46.3 Å². The molecule has 2 rings (SSSR count). The average Bonchev–Trinajstić information content (AvgIpc) is 2.54. The number of hydrogen-bond donors (Lipinski definition) is 1. The van der Waals surface area contributed by atoms with E-state index in [1.807, 2.05) is 18.9 Å². The van der Waals surface area contributed by atoms with E-state index in [0.717, 1.165) is 12.8 Å². The summed E-state index contributed by atoms with van der Waals surface area (Å²) in [6.07, 6.45) is 5.42. The van der Waals surface area contributed by atoms with Gasteiger partial charge < -0.3 is 10.6 Å². The first-order valence-corrected chi connectivity index (χ1v) is 8.12. The van der Waals surface area contributed by atoms with E-state index in [-0.39, 0.29) is 11.9 Å². The largest absolute Gasteiger partial charge is 0.342 e. The molecule has 0 bridgehead atoms. The third-order valence-corrected chi connectivity index (χ3v) is 4.98. The molecule has 0 heterocycles. The first-order valence-electron chi connectivity index (χ1n) is 8.12. The van der Waals surface area contributed by atoms with E-state index in [2.05, 4.69) is 30.3 Å². The van der Waals surface area contributed by atoms with E-state index in [4.69, 9.17) is 5.73 Å². The van der Waals surface area contributed by atoms with Crippen LogP contribution in [0.4, 0.5) is 0 Å². The van der Waals surface area contributed by atoms with E-state index in [0.29, 0.717) is 24.8 Å². The molecule has 1 unspecified atom stereocenters. The lowest BCUT2D eigenvalue weighted by Crippen LogP contribution is -2.40. The number of nitrogens with zero attached hydrogens (tertiary/aromatic N) is 1. The van der Waals surface area contributed by atoms with Crippen LogP contribution in [-0.4, -0.2) is 30.4 Å². The lowest BCUT2D eigenvalue weighted by molar-refractivity contribution is -0.132. The van der Waals surface area contributed by atoms with E-state index < -0.39 is 0 Å². The summed E-state index contributed by atoms with van der Waals surface area (Å²) in [6.45, 7) is 2.53. The van der Waals surface area contributed by atoms with E-state index in [1.54, 1.807) is 0 Å². The summed E-state index contributed by atoms with van der Waals surface area (Å²) in [6, 6.07) is 10.9. The van der Waals surface area contributed by atoms with Gasteiger partial charge in [0.25, 0.3) is 0 Å². The Labute approximate surface area is 128 Å². The fraction of sp³-hybridized carbons (Fsp3) is 0.611. The van der Waals surface area contributed by atoms with Gasteiger partial charge >= 0.3 is 0 Å². The Hall–Kier alpha value is -1.35. The van der Waals surface area contributed by atoms with Crippen LogP contribution in [0, 0.1) is 5.92 Å². The molecule has 1 atom stereocenters. The molecule has 3 nitrogen and oxygen atoms in total. The Bertz CT molecular complexity index is 438. The summed E-state index contributed by atoms with van der Waals surface area (Å²) in [5, 5.41) is 0. The van der Waals surface area contributed by atoms with E-state index in [9.17, 15) is 4.79 Å². The highest BCUT2D eigenvalue weighted by molar-refractivity contribution is 5.76. The quantitative estimate of drug-likeness (QED) is 0.904. The van der Waals surface area contributed by atoms with Gasteiger partial charge in [-0.3, -0.25) is 4.79 Å². The number of amides is 1. The van der Waals surface area contributed by atoms with Crippen molar-refractivity contribution in [3.63, 3.8) is 0 Å². The predicted octanol–water partition coefficient (Wildman–Crippen LogP) is 3.16. The van der Waals surface area contributed by atoms with Gasteiger partial charge in [-0.25, -0.2) is 0 Å². The zero-order valence-electron chi connectivity index (χ0n) is 13.3. The number of rotatable bonds is 5. The molecule has 1 aromatic carbocycles. The first-order chi connectivity index (χ1) is 10.1.